The Bertz CT molecular complexity index is 492. The number of nitrogens with zero attached hydrogens (tertiary/aromatic N) is 3. The van der Waals surface area contributed by atoms with E-state index in [2.05, 4.69) is 34.0 Å². The number of benzene rings is 1. The van der Waals surface area contributed by atoms with Crippen LogP contribution in [0.25, 0.3) is 0 Å². The zero-order valence-corrected chi connectivity index (χ0v) is 12.8. The summed E-state index contributed by atoms with van der Waals surface area (Å²) in [5, 5.41) is 0. The summed E-state index contributed by atoms with van der Waals surface area (Å²) < 4.78 is 0. The molecular formula is C19H25N3. The van der Waals surface area contributed by atoms with Gasteiger partial charge < -0.3 is 0 Å². The molecule has 116 valence electrons. The second kappa shape index (κ2) is 12.2. The van der Waals surface area contributed by atoms with Gasteiger partial charge in [0.2, 0.25) is 0 Å². The average Bonchev–Trinajstić information content (AvgIpc) is 2.51. The van der Waals surface area contributed by atoms with Crippen LogP contribution >= 0.6 is 0 Å². The maximum Gasteiger partial charge on any atom is 0.0555 e. The van der Waals surface area contributed by atoms with Gasteiger partial charge in [-0.2, -0.15) is 0 Å². The van der Waals surface area contributed by atoms with E-state index in [-0.39, 0.29) is 7.43 Å². The molecule has 3 heteroatoms. The molecule has 0 saturated carbocycles. The lowest BCUT2D eigenvalue weighted by atomic mass is 10.2. The smallest absolute Gasteiger partial charge is 0.0555 e. The van der Waals surface area contributed by atoms with Crippen molar-refractivity contribution in [3.05, 3.63) is 90.3 Å². The molecule has 2 aromatic heterocycles. The zero-order chi connectivity index (χ0) is 15.3. The number of aromatic nitrogens is 3. The van der Waals surface area contributed by atoms with Gasteiger partial charge in [-0.15, -0.1) is 0 Å². The Labute approximate surface area is 134 Å². The minimum atomic E-state index is 0. The van der Waals surface area contributed by atoms with Crippen molar-refractivity contribution < 1.29 is 0 Å². The maximum absolute atomic E-state index is 3.92. The van der Waals surface area contributed by atoms with Crippen molar-refractivity contribution in [2.75, 3.05) is 0 Å². The van der Waals surface area contributed by atoms with E-state index in [0.29, 0.717) is 0 Å². The van der Waals surface area contributed by atoms with Crippen LogP contribution in [0.5, 0.6) is 0 Å². The van der Waals surface area contributed by atoms with Crippen molar-refractivity contribution in [1.82, 2.24) is 15.0 Å². The first-order valence-corrected chi connectivity index (χ1v) is 6.79. The third-order valence-electron chi connectivity index (χ3n) is 2.44. The van der Waals surface area contributed by atoms with Crippen LogP contribution in [0.15, 0.2) is 73.4 Å². The summed E-state index contributed by atoms with van der Waals surface area (Å²) in [7, 11) is 0. The molecule has 0 bridgehead atoms. The Morgan fingerprint density at radius 1 is 0.636 bits per heavy atom. The summed E-state index contributed by atoms with van der Waals surface area (Å²) in [6.45, 7) is 6.01. The van der Waals surface area contributed by atoms with Crippen LogP contribution in [0.1, 0.15) is 24.2 Å². The van der Waals surface area contributed by atoms with Crippen LogP contribution < -0.4 is 0 Å². The van der Waals surface area contributed by atoms with E-state index in [1.54, 1.807) is 24.8 Å². The fraction of sp³-hybridized carbons (Fsp3) is 0.211. The molecule has 0 amide bonds. The lowest BCUT2D eigenvalue weighted by Crippen LogP contribution is -1.77. The summed E-state index contributed by atoms with van der Waals surface area (Å²) in [6, 6.07) is 14.2. The van der Waals surface area contributed by atoms with E-state index in [0.717, 1.165) is 5.69 Å². The van der Waals surface area contributed by atoms with Gasteiger partial charge in [-0.3, -0.25) is 15.0 Å². The van der Waals surface area contributed by atoms with Crippen LogP contribution in [0, 0.1) is 20.8 Å². The molecule has 0 aliphatic heterocycles. The first kappa shape index (κ1) is 19.4. The molecule has 0 N–H and O–H groups in total. The molecule has 0 fully saturated rings. The fourth-order valence-electron chi connectivity index (χ4n) is 1.36. The second-order valence-electron chi connectivity index (χ2n) is 4.53. The molecule has 3 rings (SSSR count). The maximum atomic E-state index is 3.92. The van der Waals surface area contributed by atoms with E-state index < -0.39 is 0 Å². The Balaban J connectivity index is 0.000000294. The third-order valence-corrected chi connectivity index (χ3v) is 2.44. The Morgan fingerprint density at radius 3 is 1.55 bits per heavy atom. The number of rotatable bonds is 0. The summed E-state index contributed by atoms with van der Waals surface area (Å²) in [5.41, 5.74) is 3.49. The van der Waals surface area contributed by atoms with E-state index in [1.165, 1.54) is 11.1 Å². The number of hydrogen-bond donors (Lipinski definition) is 0. The normalized spacial score (nSPS) is 8.32. The highest BCUT2D eigenvalue weighted by Crippen LogP contribution is 1.92. The molecule has 0 aliphatic carbocycles. The highest BCUT2D eigenvalue weighted by atomic mass is 14.7. The van der Waals surface area contributed by atoms with Gasteiger partial charge in [-0.1, -0.05) is 49.4 Å². The van der Waals surface area contributed by atoms with Crippen molar-refractivity contribution in [3.63, 3.8) is 0 Å². The average molecular weight is 295 g/mol. The van der Waals surface area contributed by atoms with Gasteiger partial charge >= 0.3 is 0 Å². The van der Waals surface area contributed by atoms with Crippen molar-refractivity contribution in [2.45, 2.75) is 28.2 Å². The largest absolute Gasteiger partial charge is 0.264 e. The number of hydrogen-bond acceptors (Lipinski definition) is 3. The van der Waals surface area contributed by atoms with Crippen molar-refractivity contribution in [2.24, 2.45) is 0 Å². The molecule has 0 radical (unpaired) electrons. The zero-order valence-electron chi connectivity index (χ0n) is 12.8. The van der Waals surface area contributed by atoms with Crippen LogP contribution in [0.4, 0.5) is 0 Å². The predicted molar refractivity (Wildman–Crippen MR) is 93.7 cm³/mol. The standard InChI is InChI=1S/C7H8.C6H7N.C5H6N2.CH4/c1-7-5-3-2-4-6-7;1-6-3-2-4-7-5-6;1-5-4-6-2-3-7-5;/h2-6H,1H3;2-5H,1H3;2-4H,1H3;1H4. The van der Waals surface area contributed by atoms with Crippen LogP contribution in [0.3, 0.4) is 0 Å². The van der Waals surface area contributed by atoms with Crippen molar-refractivity contribution in [1.29, 1.82) is 0 Å². The quantitative estimate of drug-likeness (QED) is 0.597. The van der Waals surface area contributed by atoms with E-state index in [4.69, 9.17) is 0 Å². The minimum Gasteiger partial charge on any atom is -0.264 e. The Morgan fingerprint density at radius 2 is 1.27 bits per heavy atom. The first-order chi connectivity index (χ1) is 10.2. The molecule has 0 atom stereocenters. The second-order valence-corrected chi connectivity index (χ2v) is 4.53. The predicted octanol–water partition coefficient (Wildman–Crippen LogP) is 4.81. The molecule has 3 aromatic rings. The van der Waals surface area contributed by atoms with Gasteiger partial charge in [0, 0.05) is 31.0 Å². The van der Waals surface area contributed by atoms with Crippen molar-refractivity contribution in [3.8, 4) is 0 Å². The molecular weight excluding hydrogens is 270 g/mol. The number of aryl methyl sites for hydroxylation is 3. The number of pyridine rings is 1. The lowest BCUT2D eigenvalue weighted by Gasteiger charge is -1.82. The molecule has 3 nitrogen and oxygen atoms in total. The van der Waals surface area contributed by atoms with Gasteiger partial charge in [0.1, 0.15) is 0 Å². The highest BCUT2D eigenvalue weighted by Gasteiger charge is 1.75. The summed E-state index contributed by atoms with van der Waals surface area (Å²) >= 11 is 0. The molecule has 0 spiro atoms. The fourth-order valence-corrected chi connectivity index (χ4v) is 1.36. The molecule has 0 unspecified atom stereocenters. The lowest BCUT2D eigenvalue weighted by molar-refractivity contribution is 1.12. The van der Waals surface area contributed by atoms with Gasteiger partial charge in [-0.25, -0.2) is 0 Å². The SMILES string of the molecule is C.Cc1ccccc1.Cc1cccnc1.Cc1cnccn1. The van der Waals surface area contributed by atoms with E-state index >= 15 is 0 Å². The van der Waals surface area contributed by atoms with Crippen LogP contribution in [-0.2, 0) is 0 Å². The Kier molecular flexibility index (Phi) is 10.8. The van der Waals surface area contributed by atoms with E-state index in [9.17, 15) is 0 Å². The summed E-state index contributed by atoms with van der Waals surface area (Å²) in [4.78, 5) is 11.6. The summed E-state index contributed by atoms with van der Waals surface area (Å²) in [6.07, 6.45) is 8.66. The molecule has 1 aromatic carbocycles. The topological polar surface area (TPSA) is 38.7 Å². The van der Waals surface area contributed by atoms with Crippen LogP contribution in [-0.4, -0.2) is 15.0 Å². The minimum absolute atomic E-state index is 0. The van der Waals surface area contributed by atoms with Gasteiger partial charge in [-0.05, 0) is 32.4 Å². The molecule has 0 saturated heterocycles. The third kappa shape index (κ3) is 10.3. The molecule has 0 aliphatic rings. The van der Waals surface area contributed by atoms with Crippen LogP contribution in [0.2, 0.25) is 0 Å². The van der Waals surface area contributed by atoms with Gasteiger partial charge in [0.05, 0.1) is 5.69 Å². The first-order valence-electron chi connectivity index (χ1n) is 6.79. The Hall–Kier alpha value is -2.55. The molecule has 2 heterocycles. The monoisotopic (exact) mass is 295 g/mol. The van der Waals surface area contributed by atoms with Gasteiger partial charge in [0.25, 0.3) is 0 Å². The van der Waals surface area contributed by atoms with E-state index in [1.807, 2.05) is 50.4 Å². The highest BCUT2D eigenvalue weighted by molar-refractivity contribution is 5.11. The summed E-state index contributed by atoms with van der Waals surface area (Å²) in [5.74, 6) is 0. The van der Waals surface area contributed by atoms with Crippen molar-refractivity contribution >= 4 is 0 Å². The molecule has 22 heavy (non-hydrogen) atoms. The van der Waals surface area contributed by atoms with Gasteiger partial charge in [0.15, 0.2) is 0 Å².